The van der Waals surface area contributed by atoms with Crippen LogP contribution in [-0.2, 0) is 5.54 Å². The monoisotopic (exact) mass is 454 g/mol. The molecule has 31 heavy (non-hydrogen) atoms. The number of halogens is 2. The van der Waals surface area contributed by atoms with E-state index in [-0.39, 0.29) is 11.9 Å². The second kappa shape index (κ2) is 8.19. The van der Waals surface area contributed by atoms with Crippen LogP contribution in [0.25, 0.3) is 0 Å². The second-order valence-corrected chi connectivity index (χ2v) is 9.04. The van der Waals surface area contributed by atoms with Crippen molar-refractivity contribution in [3.05, 3.63) is 94.0 Å². The van der Waals surface area contributed by atoms with Crippen LogP contribution < -0.4 is 9.80 Å². The van der Waals surface area contributed by atoms with E-state index in [2.05, 4.69) is 0 Å². The Hall–Kier alpha value is -2.53. The van der Waals surface area contributed by atoms with Gasteiger partial charge in [-0.25, -0.2) is 4.79 Å². The number of rotatable bonds is 4. The number of aliphatic hydroxyl groups is 1. The molecule has 2 amide bonds. The van der Waals surface area contributed by atoms with Gasteiger partial charge in [-0.1, -0.05) is 66.9 Å². The third-order valence-electron chi connectivity index (χ3n) is 5.96. The zero-order chi connectivity index (χ0) is 22.3. The van der Waals surface area contributed by atoms with Crippen LogP contribution in [0.2, 0.25) is 10.0 Å². The molecule has 1 saturated heterocycles. The SMILES string of the molecule is Cc1cccc(C2(C(C)C)C(O)N(c3ccc(Cl)cc3)C(=O)N2c2ccc(Cl)cc2)c1. The molecule has 160 valence electrons. The average molecular weight is 455 g/mol. The molecular formula is C25H24Cl2N2O2. The Balaban J connectivity index is 1.99. The predicted octanol–water partition coefficient (Wildman–Crippen LogP) is 6.62. The lowest BCUT2D eigenvalue weighted by Crippen LogP contribution is -2.53. The van der Waals surface area contributed by atoms with Gasteiger partial charge in [0.15, 0.2) is 6.23 Å². The first kappa shape index (κ1) is 21.7. The zero-order valence-corrected chi connectivity index (χ0v) is 19.1. The summed E-state index contributed by atoms with van der Waals surface area (Å²) in [5.41, 5.74) is 2.15. The van der Waals surface area contributed by atoms with Crippen molar-refractivity contribution in [3.8, 4) is 0 Å². The molecule has 1 N–H and O–H groups in total. The number of hydrogen-bond acceptors (Lipinski definition) is 2. The minimum atomic E-state index is -1.13. The first-order valence-corrected chi connectivity index (χ1v) is 10.9. The molecule has 0 bridgehead atoms. The third-order valence-corrected chi connectivity index (χ3v) is 6.46. The highest BCUT2D eigenvalue weighted by molar-refractivity contribution is 6.31. The summed E-state index contributed by atoms with van der Waals surface area (Å²) < 4.78 is 0. The van der Waals surface area contributed by atoms with Crippen molar-refractivity contribution >= 4 is 40.6 Å². The molecule has 0 spiro atoms. The van der Waals surface area contributed by atoms with Gasteiger partial charge in [0.2, 0.25) is 0 Å². The number of urea groups is 1. The molecule has 0 saturated carbocycles. The van der Waals surface area contributed by atoms with Gasteiger partial charge >= 0.3 is 6.03 Å². The highest BCUT2D eigenvalue weighted by Gasteiger charge is 2.60. The molecule has 1 aliphatic heterocycles. The second-order valence-electron chi connectivity index (χ2n) is 8.16. The standard InChI is InChI=1S/C25H24Cl2N2O2/c1-16(2)25(18-6-4-5-17(3)15-18)23(30)28(21-11-7-19(26)8-12-21)24(31)29(25)22-13-9-20(27)10-14-22/h4-16,23,30H,1-3H3. The van der Waals surface area contributed by atoms with Crippen molar-refractivity contribution in [1.82, 2.24) is 0 Å². The van der Waals surface area contributed by atoms with Crippen molar-refractivity contribution in [2.24, 2.45) is 5.92 Å². The fraction of sp³-hybridized carbons (Fsp3) is 0.240. The normalized spacial score (nSPS) is 21.3. The lowest BCUT2D eigenvalue weighted by molar-refractivity contribution is 0.0788. The van der Waals surface area contributed by atoms with Crippen LogP contribution in [-0.4, -0.2) is 17.4 Å². The predicted molar refractivity (Wildman–Crippen MR) is 127 cm³/mol. The summed E-state index contributed by atoms with van der Waals surface area (Å²) in [6.07, 6.45) is -1.13. The molecule has 4 nitrogen and oxygen atoms in total. The van der Waals surface area contributed by atoms with Gasteiger partial charge < -0.3 is 5.11 Å². The number of amides is 2. The number of nitrogens with zero attached hydrogens (tertiary/aromatic N) is 2. The smallest absolute Gasteiger partial charge is 0.332 e. The van der Waals surface area contributed by atoms with Crippen LogP contribution in [0.5, 0.6) is 0 Å². The van der Waals surface area contributed by atoms with Crippen molar-refractivity contribution < 1.29 is 9.90 Å². The molecular weight excluding hydrogens is 431 g/mol. The lowest BCUT2D eigenvalue weighted by Gasteiger charge is -2.43. The van der Waals surface area contributed by atoms with Crippen LogP contribution in [0, 0.1) is 12.8 Å². The summed E-state index contributed by atoms with van der Waals surface area (Å²) in [4.78, 5) is 17.0. The van der Waals surface area contributed by atoms with Crippen LogP contribution in [0.4, 0.5) is 16.2 Å². The molecule has 2 unspecified atom stereocenters. The largest absolute Gasteiger partial charge is 0.370 e. The van der Waals surface area contributed by atoms with Crippen molar-refractivity contribution in [2.75, 3.05) is 9.80 Å². The van der Waals surface area contributed by atoms with E-state index in [1.807, 2.05) is 57.2 Å². The van der Waals surface area contributed by atoms with Crippen molar-refractivity contribution in [3.63, 3.8) is 0 Å². The molecule has 3 aromatic carbocycles. The van der Waals surface area contributed by atoms with E-state index in [0.29, 0.717) is 21.4 Å². The Kier molecular flexibility index (Phi) is 5.73. The molecule has 0 aromatic heterocycles. The summed E-state index contributed by atoms with van der Waals surface area (Å²) in [6.45, 7) is 6.05. The van der Waals surface area contributed by atoms with Gasteiger partial charge in [-0.15, -0.1) is 0 Å². The number of carbonyl (C=O) groups is 1. The van der Waals surface area contributed by atoms with Crippen LogP contribution in [0.15, 0.2) is 72.8 Å². The Morgan fingerprint density at radius 3 is 1.97 bits per heavy atom. The highest BCUT2D eigenvalue weighted by atomic mass is 35.5. The molecule has 4 rings (SSSR count). The maximum Gasteiger partial charge on any atom is 0.332 e. The van der Waals surface area contributed by atoms with Crippen LogP contribution in [0.3, 0.4) is 0 Å². The van der Waals surface area contributed by atoms with E-state index in [9.17, 15) is 9.90 Å². The van der Waals surface area contributed by atoms with Gasteiger partial charge in [0, 0.05) is 21.4 Å². The molecule has 1 fully saturated rings. The molecule has 6 heteroatoms. The minimum Gasteiger partial charge on any atom is -0.370 e. The molecule has 0 aliphatic carbocycles. The molecule has 0 radical (unpaired) electrons. The molecule has 1 heterocycles. The van der Waals surface area contributed by atoms with Gasteiger partial charge in [0.05, 0.1) is 0 Å². The molecule has 3 aromatic rings. The first-order chi connectivity index (χ1) is 14.8. The first-order valence-electron chi connectivity index (χ1n) is 10.2. The van der Waals surface area contributed by atoms with Crippen molar-refractivity contribution in [1.29, 1.82) is 0 Å². The number of benzene rings is 3. The maximum absolute atomic E-state index is 13.9. The number of aliphatic hydroxyl groups excluding tert-OH is 1. The van der Waals surface area contributed by atoms with E-state index in [1.54, 1.807) is 41.3 Å². The third kappa shape index (κ3) is 3.49. The number of carbonyl (C=O) groups excluding carboxylic acids is 1. The van der Waals surface area contributed by atoms with Crippen LogP contribution >= 0.6 is 23.2 Å². The number of anilines is 2. The Morgan fingerprint density at radius 1 is 0.903 bits per heavy atom. The number of hydrogen-bond donors (Lipinski definition) is 1. The Labute approximate surface area is 192 Å². The lowest BCUT2D eigenvalue weighted by atomic mass is 9.77. The summed E-state index contributed by atoms with van der Waals surface area (Å²) >= 11 is 12.2. The molecule has 1 aliphatic rings. The van der Waals surface area contributed by atoms with Gasteiger partial charge in [0.1, 0.15) is 5.54 Å². The topological polar surface area (TPSA) is 43.8 Å². The maximum atomic E-state index is 13.9. The molecule has 2 atom stereocenters. The Morgan fingerprint density at radius 2 is 1.45 bits per heavy atom. The van der Waals surface area contributed by atoms with Gasteiger partial charge in [0.25, 0.3) is 0 Å². The minimum absolute atomic E-state index is 0.110. The van der Waals surface area contributed by atoms with E-state index in [1.165, 1.54) is 4.90 Å². The number of aryl methyl sites for hydroxylation is 1. The van der Waals surface area contributed by atoms with E-state index in [4.69, 9.17) is 23.2 Å². The Bertz CT molecular complexity index is 1100. The van der Waals surface area contributed by atoms with E-state index < -0.39 is 11.8 Å². The van der Waals surface area contributed by atoms with Gasteiger partial charge in [-0.3, -0.25) is 9.80 Å². The van der Waals surface area contributed by atoms with Gasteiger partial charge in [-0.2, -0.15) is 0 Å². The summed E-state index contributed by atoms with van der Waals surface area (Å²) in [5, 5.41) is 12.9. The fourth-order valence-corrected chi connectivity index (χ4v) is 4.76. The zero-order valence-electron chi connectivity index (χ0n) is 17.6. The van der Waals surface area contributed by atoms with Crippen LogP contribution in [0.1, 0.15) is 25.0 Å². The fourth-order valence-electron chi connectivity index (χ4n) is 4.51. The van der Waals surface area contributed by atoms with E-state index >= 15 is 0 Å². The summed E-state index contributed by atoms with van der Waals surface area (Å²) in [5.74, 6) is -0.110. The summed E-state index contributed by atoms with van der Waals surface area (Å²) in [6, 6.07) is 21.7. The van der Waals surface area contributed by atoms with E-state index in [0.717, 1.165) is 11.1 Å². The average Bonchev–Trinajstić information content (AvgIpc) is 2.97. The van der Waals surface area contributed by atoms with Gasteiger partial charge in [-0.05, 0) is 66.9 Å². The quantitative estimate of drug-likeness (QED) is 0.481. The van der Waals surface area contributed by atoms with Crippen molar-refractivity contribution in [2.45, 2.75) is 32.5 Å². The highest BCUT2D eigenvalue weighted by Crippen LogP contribution is 2.49. The summed E-state index contributed by atoms with van der Waals surface area (Å²) in [7, 11) is 0.